The molecule has 0 aliphatic carbocycles. The van der Waals surface area contributed by atoms with Gasteiger partial charge in [0.25, 0.3) is 0 Å². The summed E-state index contributed by atoms with van der Waals surface area (Å²) >= 11 is 0. The molecule has 3 rings (SSSR count). The third-order valence-electron chi connectivity index (χ3n) is 2.32. The zero-order valence-corrected chi connectivity index (χ0v) is 7.07. The highest BCUT2D eigenvalue weighted by molar-refractivity contribution is 5.72. The van der Waals surface area contributed by atoms with E-state index in [1.165, 1.54) is 16.7 Å². The Bertz CT molecular complexity index is 459. The highest BCUT2D eigenvalue weighted by Crippen LogP contribution is 2.21. The molecule has 0 aliphatic heterocycles. The maximum atomic E-state index is 3.02. The van der Waals surface area contributed by atoms with E-state index in [2.05, 4.69) is 47.0 Å². The van der Waals surface area contributed by atoms with Gasteiger partial charge in [-0.15, -0.1) is 0 Å². The van der Waals surface area contributed by atoms with E-state index in [-0.39, 0.29) is 0 Å². The van der Waals surface area contributed by atoms with Crippen molar-refractivity contribution in [2.75, 3.05) is 0 Å². The molecule has 0 spiro atoms. The summed E-state index contributed by atoms with van der Waals surface area (Å²) in [7, 11) is 0. The number of nitrogens with zero attached hydrogens (tertiary/aromatic N) is 1. The van der Waals surface area contributed by atoms with Gasteiger partial charge in [-0.1, -0.05) is 12.1 Å². The minimum absolute atomic E-state index is 1.21. The Balaban J connectivity index is 2.32. The van der Waals surface area contributed by atoms with E-state index in [4.69, 9.17) is 0 Å². The van der Waals surface area contributed by atoms with E-state index in [0.29, 0.717) is 0 Å². The molecule has 0 amide bonds. The van der Waals surface area contributed by atoms with Crippen molar-refractivity contribution in [3.05, 3.63) is 54.6 Å². The van der Waals surface area contributed by atoms with E-state index in [9.17, 15) is 0 Å². The van der Waals surface area contributed by atoms with E-state index >= 15 is 0 Å². The SMILES string of the molecule is [c]1ccc(-n2c3ccc2cc3)cc1. The van der Waals surface area contributed by atoms with Gasteiger partial charge in [-0.3, -0.25) is 0 Å². The topological polar surface area (TPSA) is 4.93 Å². The molecule has 1 radical (unpaired) electrons. The number of aromatic nitrogens is 1. The predicted octanol–water partition coefficient (Wildman–Crippen LogP) is 2.87. The van der Waals surface area contributed by atoms with Crippen LogP contribution in [0.15, 0.2) is 48.5 Å². The predicted molar refractivity (Wildman–Crippen MR) is 53.3 cm³/mol. The summed E-state index contributed by atoms with van der Waals surface area (Å²) in [4.78, 5) is 0. The van der Waals surface area contributed by atoms with Crippen LogP contribution in [0.5, 0.6) is 0 Å². The monoisotopic (exact) mass is 166 g/mol. The Morgan fingerprint density at radius 3 is 1.85 bits per heavy atom. The molecular formula is C12H8N. The molecule has 1 nitrogen and oxygen atoms in total. The summed E-state index contributed by atoms with van der Waals surface area (Å²) < 4.78 is 2.23. The fraction of sp³-hybridized carbons (Fsp3) is 0. The van der Waals surface area contributed by atoms with Crippen LogP contribution in [0.3, 0.4) is 0 Å². The fourth-order valence-corrected chi connectivity index (χ4v) is 1.73. The van der Waals surface area contributed by atoms with Crippen LogP contribution in [0.2, 0.25) is 0 Å². The van der Waals surface area contributed by atoms with Gasteiger partial charge in [0.15, 0.2) is 0 Å². The van der Waals surface area contributed by atoms with Gasteiger partial charge in [-0.05, 0) is 42.5 Å². The fourth-order valence-electron chi connectivity index (χ4n) is 1.73. The summed E-state index contributed by atoms with van der Waals surface area (Å²) in [5, 5.41) is 0. The Labute approximate surface area is 76.6 Å². The average Bonchev–Trinajstić information content (AvgIpc) is 2.78. The molecule has 0 unspecified atom stereocenters. The van der Waals surface area contributed by atoms with Gasteiger partial charge in [-0.25, -0.2) is 0 Å². The lowest BCUT2D eigenvalue weighted by Crippen LogP contribution is -1.88. The third-order valence-corrected chi connectivity index (χ3v) is 2.32. The summed E-state index contributed by atoms with van der Waals surface area (Å²) in [6.07, 6.45) is 0. The molecular weight excluding hydrogens is 158 g/mol. The molecule has 0 aliphatic rings. The molecule has 3 aromatic rings. The average molecular weight is 166 g/mol. The third kappa shape index (κ3) is 0.872. The molecule has 0 fully saturated rings. The van der Waals surface area contributed by atoms with Crippen LogP contribution in [0.25, 0.3) is 16.7 Å². The molecule has 13 heavy (non-hydrogen) atoms. The van der Waals surface area contributed by atoms with Gasteiger partial charge in [-0.2, -0.15) is 0 Å². The van der Waals surface area contributed by atoms with Crippen LogP contribution in [0.4, 0.5) is 0 Å². The minimum Gasteiger partial charge on any atom is -0.311 e. The lowest BCUT2D eigenvalue weighted by molar-refractivity contribution is 1.19. The zero-order chi connectivity index (χ0) is 8.67. The highest BCUT2D eigenvalue weighted by atomic mass is 15.0. The summed E-state index contributed by atoms with van der Waals surface area (Å²) in [5.74, 6) is 0. The first kappa shape index (κ1) is 6.72. The molecule has 2 bridgehead atoms. The second-order valence-corrected chi connectivity index (χ2v) is 3.11. The largest absolute Gasteiger partial charge is 0.311 e. The number of benzene rings is 2. The van der Waals surface area contributed by atoms with Crippen molar-refractivity contribution in [1.82, 2.24) is 4.57 Å². The van der Waals surface area contributed by atoms with E-state index in [1.807, 2.05) is 12.1 Å². The van der Waals surface area contributed by atoms with Gasteiger partial charge in [0, 0.05) is 16.7 Å². The molecule has 61 valence electrons. The smallest absolute Gasteiger partial charge is 0.0463 e. The highest BCUT2D eigenvalue weighted by Gasteiger charge is 2.03. The van der Waals surface area contributed by atoms with Crippen LogP contribution < -0.4 is 0 Å². The van der Waals surface area contributed by atoms with Crippen molar-refractivity contribution in [3.8, 4) is 5.69 Å². The van der Waals surface area contributed by atoms with Crippen LogP contribution in [0.1, 0.15) is 0 Å². The maximum absolute atomic E-state index is 3.02. The van der Waals surface area contributed by atoms with Crippen molar-refractivity contribution in [1.29, 1.82) is 0 Å². The van der Waals surface area contributed by atoms with E-state index in [1.54, 1.807) is 0 Å². The van der Waals surface area contributed by atoms with E-state index in [0.717, 1.165) is 0 Å². The van der Waals surface area contributed by atoms with E-state index < -0.39 is 0 Å². The molecule has 0 atom stereocenters. The maximum Gasteiger partial charge on any atom is 0.0463 e. The second-order valence-electron chi connectivity index (χ2n) is 3.11. The number of rotatable bonds is 1. The molecule has 2 heterocycles. The number of hydrogen-bond acceptors (Lipinski definition) is 0. The van der Waals surface area contributed by atoms with Crippen molar-refractivity contribution in [2.24, 2.45) is 0 Å². The number of fused-ring (bicyclic) bond motifs is 2. The van der Waals surface area contributed by atoms with Gasteiger partial charge in [0.2, 0.25) is 0 Å². The quantitative estimate of drug-likeness (QED) is 0.524. The van der Waals surface area contributed by atoms with Crippen molar-refractivity contribution < 1.29 is 0 Å². The van der Waals surface area contributed by atoms with Crippen molar-refractivity contribution in [2.45, 2.75) is 0 Å². The van der Waals surface area contributed by atoms with Crippen LogP contribution >= 0.6 is 0 Å². The minimum atomic E-state index is 1.21. The molecule has 0 N–H and O–H groups in total. The molecule has 2 aromatic heterocycles. The van der Waals surface area contributed by atoms with Crippen LogP contribution in [0, 0.1) is 6.07 Å². The zero-order valence-electron chi connectivity index (χ0n) is 7.07. The first-order valence-electron chi connectivity index (χ1n) is 4.31. The van der Waals surface area contributed by atoms with Crippen LogP contribution in [-0.2, 0) is 0 Å². The standard InChI is InChI=1S/C12H8N/c1-2-4-10(5-3-1)13-11-6-7-12(13)9-8-11/h2-9H. The summed E-state index contributed by atoms with van der Waals surface area (Å²) in [6, 6.07) is 19.6. The molecule has 0 saturated carbocycles. The van der Waals surface area contributed by atoms with Crippen molar-refractivity contribution in [3.63, 3.8) is 0 Å². The Morgan fingerprint density at radius 1 is 0.769 bits per heavy atom. The summed E-state index contributed by atoms with van der Waals surface area (Å²) in [6.45, 7) is 0. The Morgan fingerprint density at radius 2 is 1.31 bits per heavy atom. The van der Waals surface area contributed by atoms with Crippen molar-refractivity contribution >= 4 is 11.0 Å². The second kappa shape index (κ2) is 2.36. The molecule has 1 heteroatoms. The Hall–Kier alpha value is -1.76. The normalized spacial score (nSPS) is 11.1. The van der Waals surface area contributed by atoms with Crippen LogP contribution in [-0.4, -0.2) is 4.57 Å². The lowest BCUT2D eigenvalue weighted by Gasteiger charge is -2.02. The Kier molecular flexibility index (Phi) is 1.22. The van der Waals surface area contributed by atoms with Gasteiger partial charge in [0.05, 0.1) is 0 Å². The van der Waals surface area contributed by atoms with Gasteiger partial charge >= 0.3 is 0 Å². The first-order valence-corrected chi connectivity index (χ1v) is 4.31. The van der Waals surface area contributed by atoms with Gasteiger partial charge < -0.3 is 4.57 Å². The first-order chi connectivity index (χ1) is 6.45. The van der Waals surface area contributed by atoms with Gasteiger partial charge in [0.1, 0.15) is 0 Å². The molecule has 0 saturated heterocycles. The number of hydrogen-bond donors (Lipinski definition) is 0. The lowest BCUT2D eigenvalue weighted by atomic mass is 10.3. The molecule has 1 aromatic carbocycles. The summed E-state index contributed by atoms with van der Waals surface area (Å²) in [5.41, 5.74) is 3.71.